The van der Waals surface area contributed by atoms with Gasteiger partial charge in [-0.15, -0.1) is 0 Å². The zero-order chi connectivity index (χ0) is 25.7. The summed E-state index contributed by atoms with van der Waals surface area (Å²) < 4.78 is 1.76. The number of rotatable bonds is 8. The highest BCUT2D eigenvalue weighted by molar-refractivity contribution is 6.01. The molecule has 1 aromatic heterocycles. The molecule has 0 saturated carbocycles. The van der Waals surface area contributed by atoms with Crippen LogP contribution in [0.1, 0.15) is 40.5 Å². The molecule has 184 valence electrons. The molecule has 0 bridgehead atoms. The van der Waals surface area contributed by atoms with Crippen LogP contribution in [0.4, 0.5) is 5.82 Å². The smallest absolute Gasteiger partial charge is 0.254 e. The number of benzene rings is 3. The summed E-state index contributed by atoms with van der Waals surface area (Å²) in [4.78, 5) is 28.1. The number of aryl methyl sites for hydroxylation is 3. The van der Waals surface area contributed by atoms with Gasteiger partial charge in [0.15, 0.2) is 0 Å². The molecule has 0 radical (unpaired) electrons. The van der Waals surface area contributed by atoms with Gasteiger partial charge in [0.25, 0.3) is 5.91 Å². The molecule has 1 N–H and O–H groups in total. The first kappa shape index (κ1) is 24.9. The summed E-state index contributed by atoms with van der Waals surface area (Å²) in [6, 6.07) is 25.3. The van der Waals surface area contributed by atoms with Crippen molar-refractivity contribution < 1.29 is 9.59 Å². The van der Waals surface area contributed by atoms with Crippen LogP contribution in [-0.4, -0.2) is 39.6 Å². The number of carbonyl (C=O) groups is 2. The first-order valence-electron chi connectivity index (χ1n) is 12.2. The maximum absolute atomic E-state index is 13.4. The van der Waals surface area contributed by atoms with E-state index < -0.39 is 0 Å². The fourth-order valence-electron chi connectivity index (χ4n) is 4.21. The Kier molecular flexibility index (Phi) is 7.64. The summed E-state index contributed by atoms with van der Waals surface area (Å²) in [6.45, 7) is 8.39. The van der Waals surface area contributed by atoms with Crippen molar-refractivity contribution in [2.75, 3.05) is 18.4 Å². The molecular formula is C30H32N4O2. The molecule has 4 aromatic rings. The van der Waals surface area contributed by atoms with Crippen LogP contribution in [0.15, 0.2) is 78.9 Å². The lowest BCUT2D eigenvalue weighted by molar-refractivity contribution is -0.116. The Morgan fingerprint density at radius 2 is 1.47 bits per heavy atom. The van der Waals surface area contributed by atoms with Crippen LogP contribution in [0.25, 0.3) is 16.8 Å². The lowest BCUT2D eigenvalue weighted by Crippen LogP contribution is -2.38. The van der Waals surface area contributed by atoms with Gasteiger partial charge < -0.3 is 10.2 Å². The topological polar surface area (TPSA) is 67.2 Å². The van der Waals surface area contributed by atoms with Crippen LogP contribution < -0.4 is 5.32 Å². The Morgan fingerprint density at radius 1 is 0.861 bits per heavy atom. The average Bonchev–Trinajstić information content (AvgIpc) is 3.20. The second kappa shape index (κ2) is 11.0. The molecule has 4 rings (SSSR count). The summed E-state index contributed by atoms with van der Waals surface area (Å²) in [5.74, 6) is 0.166. The number of nitrogens with one attached hydrogen (secondary N) is 1. The third kappa shape index (κ3) is 5.54. The Labute approximate surface area is 212 Å². The Bertz CT molecular complexity index is 1340. The van der Waals surface area contributed by atoms with Crippen molar-refractivity contribution >= 4 is 17.6 Å². The molecule has 0 saturated heterocycles. The van der Waals surface area contributed by atoms with Gasteiger partial charge in [0.2, 0.25) is 5.91 Å². The van der Waals surface area contributed by atoms with E-state index in [2.05, 4.69) is 5.32 Å². The first-order valence-corrected chi connectivity index (χ1v) is 12.2. The minimum atomic E-state index is -0.269. The van der Waals surface area contributed by atoms with Gasteiger partial charge in [0, 0.05) is 17.7 Å². The van der Waals surface area contributed by atoms with Crippen molar-refractivity contribution in [1.29, 1.82) is 0 Å². The lowest BCUT2D eigenvalue weighted by Gasteiger charge is -2.22. The third-order valence-corrected chi connectivity index (χ3v) is 6.07. The molecule has 0 aliphatic heterocycles. The molecule has 6 heteroatoms. The summed E-state index contributed by atoms with van der Waals surface area (Å²) >= 11 is 0. The number of carbonyl (C=O) groups excluding carboxylic acids is 2. The average molecular weight is 481 g/mol. The van der Waals surface area contributed by atoms with E-state index in [9.17, 15) is 9.59 Å². The summed E-state index contributed by atoms with van der Waals surface area (Å²) in [6.07, 6.45) is 0.751. The monoisotopic (exact) mass is 480 g/mol. The van der Waals surface area contributed by atoms with Crippen LogP contribution in [-0.2, 0) is 4.79 Å². The van der Waals surface area contributed by atoms with Gasteiger partial charge in [-0.1, -0.05) is 72.6 Å². The zero-order valence-electron chi connectivity index (χ0n) is 21.3. The van der Waals surface area contributed by atoms with E-state index in [4.69, 9.17) is 5.10 Å². The van der Waals surface area contributed by atoms with Gasteiger partial charge in [-0.3, -0.25) is 9.59 Å². The summed E-state index contributed by atoms with van der Waals surface area (Å²) in [5.41, 5.74) is 6.27. The van der Waals surface area contributed by atoms with Crippen LogP contribution in [0.5, 0.6) is 0 Å². The Hall–Kier alpha value is -4.19. The van der Waals surface area contributed by atoms with Crippen LogP contribution in [0.2, 0.25) is 0 Å². The number of nitrogens with zero attached hydrogens (tertiary/aromatic N) is 3. The van der Waals surface area contributed by atoms with Gasteiger partial charge in [-0.25, -0.2) is 4.68 Å². The minimum Gasteiger partial charge on any atom is -0.329 e. The third-order valence-electron chi connectivity index (χ3n) is 6.07. The highest BCUT2D eigenvalue weighted by Crippen LogP contribution is 2.33. The second-order valence-corrected chi connectivity index (χ2v) is 9.06. The molecule has 3 aromatic carbocycles. The summed E-state index contributed by atoms with van der Waals surface area (Å²) in [7, 11) is 0. The largest absolute Gasteiger partial charge is 0.329 e. The van der Waals surface area contributed by atoms with Crippen molar-refractivity contribution in [1.82, 2.24) is 14.7 Å². The molecule has 6 nitrogen and oxygen atoms in total. The van der Waals surface area contributed by atoms with E-state index in [-0.39, 0.29) is 18.4 Å². The second-order valence-electron chi connectivity index (χ2n) is 9.06. The van der Waals surface area contributed by atoms with Crippen molar-refractivity contribution in [3.63, 3.8) is 0 Å². The predicted molar refractivity (Wildman–Crippen MR) is 144 cm³/mol. The highest BCUT2D eigenvalue weighted by atomic mass is 16.2. The lowest BCUT2D eigenvalue weighted by atomic mass is 10.1. The number of aromatic nitrogens is 2. The quantitative estimate of drug-likeness (QED) is 0.339. The van der Waals surface area contributed by atoms with Crippen LogP contribution in [0.3, 0.4) is 0 Å². The van der Waals surface area contributed by atoms with Gasteiger partial charge in [-0.05, 0) is 57.0 Å². The maximum Gasteiger partial charge on any atom is 0.254 e. The van der Waals surface area contributed by atoms with Crippen molar-refractivity contribution in [3.05, 3.63) is 101 Å². The minimum absolute atomic E-state index is 0.0487. The zero-order valence-corrected chi connectivity index (χ0v) is 21.3. The van der Waals surface area contributed by atoms with E-state index in [1.165, 1.54) is 0 Å². The van der Waals surface area contributed by atoms with E-state index in [1.807, 2.05) is 107 Å². The fourth-order valence-corrected chi connectivity index (χ4v) is 4.21. The molecule has 0 aliphatic rings. The summed E-state index contributed by atoms with van der Waals surface area (Å²) in [5, 5.41) is 7.85. The molecule has 0 fully saturated rings. The Morgan fingerprint density at radius 3 is 2.08 bits per heavy atom. The molecular weight excluding hydrogens is 448 g/mol. The number of hydrogen-bond acceptors (Lipinski definition) is 3. The van der Waals surface area contributed by atoms with Crippen molar-refractivity contribution in [2.24, 2.45) is 0 Å². The van der Waals surface area contributed by atoms with E-state index >= 15 is 0 Å². The SMILES string of the molecule is CCCN(CC(=O)Nc1c(-c2ccccc2)c(C)nn1-c1ccc(C)cc1)C(=O)c1ccc(C)cc1. The van der Waals surface area contributed by atoms with E-state index in [0.717, 1.165) is 40.1 Å². The standard InChI is InChI=1S/C30H32N4O2/c1-5-19-33(30(36)25-15-11-21(2)12-16-25)20-27(35)31-29-28(24-9-7-6-8-10-24)23(4)32-34(29)26-17-13-22(3)14-18-26/h6-18H,5,19-20H2,1-4H3,(H,31,35). The molecule has 1 heterocycles. The molecule has 2 amide bonds. The maximum atomic E-state index is 13.4. The first-order chi connectivity index (χ1) is 17.4. The molecule has 0 unspecified atom stereocenters. The van der Waals surface area contributed by atoms with Gasteiger partial charge >= 0.3 is 0 Å². The Balaban J connectivity index is 1.67. The number of amides is 2. The van der Waals surface area contributed by atoms with Crippen molar-refractivity contribution in [2.45, 2.75) is 34.1 Å². The molecule has 0 spiro atoms. The van der Waals surface area contributed by atoms with Crippen LogP contribution in [0, 0.1) is 20.8 Å². The molecule has 36 heavy (non-hydrogen) atoms. The van der Waals surface area contributed by atoms with E-state index in [1.54, 1.807) is 9.58 Å². The van der Waals surface area contributed by atoms with Gasteiger partial charge in [0.05, 0.1) is 11.4 Å². The fraction of sp³-hybridized carbons (Fsp3) is 0.233. The molecule has 0 aliphatic carbocycles. The highest BCUT2D eigenvalue weighted by Gasteiger charge is 2.23. The van der Waals surface area contributed by atoms with Gasteiger partial charge in [-0.2, -0.15) is 5.10 Å². The predicted octanol–water partition coefficient (Wildman–Crippen LogP) is 5.96. The molecule has 0 atom stereocenters. The number of anilines is 1. The number of hydrogen-bond donors (Lipinski definition) is 1. The normalized spacial score (nSPS) is 10.8. The van der Waals surface area contributed by atoms with Crippen molar-refractivity contribution in [3.8, 4) is 16.8 Å². The van der Waals surface area contributed by atoms with Crippen LogP contribution >= 0.6 is 0 Å². The van der Waals surface area contributed by atoms with Gasteiger partial charge in [0.1, 0.15) is 12.4 Å². The van der Waals surface area contributed by atoms with E-state index in [0.29, 0.717) is 17.9 Å².